The normalized spacial score (nSPS) is 11.5. The summed E-state index contributed by atoms with van der Waals surface area (Å²) in [6.45, 7) is 6.95. The van der Waals surface area contributed by atoms with Gasteiger partial charge in [0.2, 0.25) is 0 Å². The molecule has 0 atom stereocenters. The molecule has 218 valence electrons. The van der Waals surface area contributed by atoms with Crippen molar-refractivity contribution in [2.24, 2.45) is 0 Å². The van der Waals surface area contributed by atoms with Gasteiger partial charge in [-0.15, -0.1) is 0 Å². The fourth-order valence-electron chi connectivity index (χ4n) is 5.75. The standard InChI is InChI=1S/C34H34N6O3/c1-21-13-15-27(29-31(21)39-26-12-6-4-10-24(26)34(29)41)36-19-7-17-35-18-8-20-37-33-23-9-3-5-11-25(23)38-32-22(2)14-16-28(30(32)33)40(42)43/h3-6,9-16,35-36H,7-8,17-20H2,1-2H3,(H,37,38)(H,39,41). The third-order valence-electron chi connectivity index (χ3n) is 7.96. The average Bonchev–Trinajstić information content (AvgIpc) is 3.01. The van der Waals surface area contributed by atoms with Crippen molar-refractivity contribution in [1.82, 2.24) is 15.3 Å². The molecule has 0 aliphatic carbocycles. The second-order valence-corrected chi connectivity index (χ2v) is 10.9. The molecule has 9 nitrogen and oxygen atoms in total. The van der Waals surface area contributed by atoms with Crippen LogP contribution in [-0.2, 0) is 0 Å². The second-order valence-electron chi connectivity index (χ2n) is 10.9. The summed E-state index contributed by atoms with van der Waals surface area (Å²) < 4.78 is 0. The molecule has 0 spiro atoms. The van der Waals surface area contributed by atoms with Crippen LogP contribution in [0.2, 0.25) is 0 Å². The number of para-hydroxylation sites is 2. The Morgan fingerprint density at radius 3 is 2.28 bits per heavy atom. The molecule has 2 heterocycles. The minimum absolute atomic E-state index is 0.0384. The molecular weight excluding hydrogens is 540 g/mol. The molecular formula is C34H34N6O3. The Morgan fingerprint density at radius 1 is 0.791 bits per heavy atom. The number of benzene rings is 4. The minimum atomic E-state index is -0.337. The Bertz CT molecular complexity index is 2050. The number of aromatic nitrogens is 2. The molecule has 4 N–H and O–H groups in total. The van der Waals surface area contributed by atoms with E-state index in [2.05, 4.69) is 20.9 Å². The highest BCUT2D eigenvalue weighted by molar-refractivity contribution is 6.12. The number of nitrogens with one attached hydrogen (secondary N) is 4. The second kappa shape index (κ2) is 12.1. The number of aromatic amines is 1. The number of fused-ring (bicyclic) bond motifs is 4. The topological polar surface area (TPSA) is 125 Å². The van der Waals surface area contributed by atoms with E-state index in [0.717, 1.165) is 76.9 Å². The van der Waals surface area contributed by atoms with E-state index >= 15 is 0 Å². The van der Waals surface area contributed by atoms with Gasteiger partial charge < -0.3 is 20.9 Å². The number of hydrogen-bond donors (Lipinski definition) is 4. The largest absolute Gasteiger partial charge is 0.384 e. The van der Waals surface area contributed by atoms with Gasteiger partial charge in [-0.25, -0.2) is 4.98 Å². The van der Waals surface area contributed by atoms with Crippen molar-refractivity contribution >= 4 is 60.7 Å². The molecule has 4 aromatic carbocycles. The first kappa shape index (κ1) is 28.1. The maximum Gasteiger partial charge on any atom is 0.280 e. The monoisotopic (exact) mass is 574 g/mol. The SMILES string of the molecule is Cc1ccc([N+](=O)[O-])c2c(NCCCNCCCNc3ccc(C)c4[nH]c5ccccc5c(=O)c34)c3ccccc3nc12. The van der Waals surface area contributed by atoms with Crippen LogP contribution in [0.4, 0.5) is 17.1 Å². The van der Waals surface area contributed by atoms with E-state index in [9.17, 15) is 14.9 Å². The Labute approximate surface area is 248 Å². The van der Waals surface area contributed by atoms with Gasteiger partial charge in [0.15, 0.2) is 5.43 Å². The highest BCUT2D eigenvalue weighted by Gasteiger charge is 2.20. The van der Waals surface area contributed by atoms with E-state index in [1.54, 1.807) is 12.1 Å². The predicted molar refractivity (Wildman–Crippen MR) is 177 cm³/mol. The Morgan fingerprint density at radius 2 is 1.49 bits per heavy atom. The van der Waals surface area contributed by atoms with E-state index in [-0.39, 0.29) is 16.0 Å². The first-order valence-electron chi connectivity index (χ1n) is 14.6. The zero-order valence-electron chi connectivity index (χ0n) is 24.3. The molecule has 43 heavy (non-hydrogen) atoms. The van der Waals surface area contributed by atoms with Gasteiger partial charge in [-0.3, -0.25) is 14.9 Å². The third kappa shape index (κ3) is 5.47. The Hall–Kier alpha value is -5.02. The van der Waals surface area contributed by atoms with Gasteiger partial charge in [-0.05, 0) is 75.2 Å². The number of hydrogen-bond acceptors (Lipinski definition) is 7. The number of rotatable bonds is 11. The predicted octanol–water partition coefficient (Wildman–Crippen LogP) is 6.80. The number of nitrogens with zero attached hydrogens (tertiary/aromatic N) is 2. The molecule has 0 amide bonds. The summed E-state index contributed by atoms with van der Waals surface area (Å²) in [5.41, 5.74) is 6.82. The van der Waals surface area contributed by atoms with Crippen molar-refractivity contribution in [1.29, 1.82) is 0 Å². The van der Waals surface area contributed by atoms with Gasteiger partial charge in [0, 0.05) is 41.1 Å². The van der Waals surface area contributed by atoms with Gasteiger partial charge in [0.25, 0.3) is 5.69 Å². The lowest BCUT2D eigenvalue weighted by Crippen LogP contribution is -2.21. The van der Waals surface area contributed by atoms with Crippen molar-refractivity contribution < 1.29 is 4.92 Å². The van der Waals surface area contributed by atoms with Gasteiger partial charge >= 0.3 is 0 Å². The summed E-state index contributed by atoms with van der Waals surface area (Å²) >= 11 is 0. The lowest BCUT2D eigenvalue weighted by Gasteiger charge is -2.15. The molecule has 0 fully saturated rings. The maximum atomic E-state index is 13.3. The van der Waals surface area contributed by atoms with Crippen molar-refractivity contribution in [3.8, 4) is 0 Å². The summed E-state index contributed by atoms with van der Waals surface area (Å²) in [5.74, 6) is 0. The highest BCUT2D eigenvalue weighted by atomic mass is 16.6. The van der Waals surface area contributed by atoms with E-state index in [1.165, 1.54) is 0 Å². The molecule has 0 saturated carbocycles. The van der Waals surface area contributed by atoms with Crippen molar-refractivity contribution in [3.63, 3.8) is 0 Å². The molecule has 0 aliphatic rings. The lowest BCUT2D eigenvalue weighted by atomic mass is 10.0. The first-order valence-corrected chi connectivity index (χ1v) is 14.6. The van der Waals surface area contributed by atoms with Crippen LogP contribution in [0.3, 0.4) is 0 Å². The summed E-state index contributed by atoms with van der Waals surface area (Å²) in [6, 6.07) is 22.7. The first-order chi connectivity index (χ1) is 20.9. The summed E-state index contributed by atoms with van der Waals surface area (Å²) in [7, 11) is 0. The van der Waals surface area contributed by atoms with Gasteiger partial charge in [-0.1, -0.05) is 42.5 Å². The molecule has 0 saturated heterocycles. The van der Waals surface area contributed by atoms with E-state index in [0.29, 0.717) is 28.2 Å². The van der Waals surface area contributed by atoms with E-state index in [1.807, 2.05) is 74.5 Å². The van der Waals surface area contributed by atoms with Crippen LogP contribution in [-0.4, -0.2) is 41.1 Å². The number of H-pyrrole nitrogens is 1. The molecule has 0 radical (unpaired) electrons. The van der Waals surface area contributed by atoms with Crippen LogP contribution in [0, 0.1) is 24.0 Å². The number of anilines is 2. The van der Waals surface area contributed by atoms with Gasteiger partial charge in [-0.2, -0.15) is 0 Å². The van der Waals surface area contributed by atoms with Crippen molar-refractivity contribution in [2.45, 2.75) is 26.7 Å². The van der Waals surface area contributed by atoms with Gasteiger partial charge in [0.1, 0.15) is 5.39 Å². The van der Waals surface area contributed by atoms with Crippen LogP contribution in [0.15, 0.2) is 77.6 Å². The van der Waals surface area contributed by atoms with Crippen LogP contribution in [0.25, 0.3) is 43.6 Å². The third-order valence-corrected chi connectivity index (χ3v) is 7.96. The van der Waals surface area contributed by atoms with Crippen molar-refractivity contribution in [2.75, 3.05) is 36.8 Å². The number of aryl methyl sites for hydroxylation is 2. The smallest absolute Gasteiger partial charge is 0.280 e. The molecule has 9 heteroatoms. The number of nitro groups is 1. The number of pyridine rings is 2. The lowest BCUT2D eigenvalue weighted by molar-refractivity contribution is -0.383. The van der Waals surface area contributed by atoms with Gasteiger partial charge in [0.05, 0.1) is 32.5 Å². The van der Waals surface area contributed by atoms with Crippen LogP contribution in [0.5, 0.6) is 0 Å². The molecule has 0 bridgehead atoms. The van der Waals surface area contributed by atoms with E-state index < -0.39 is 0 Å². The Kier molecular flexibility index (Phi) is 7.89. The number of non-ortho nitro benzene ring substituents is 1. The quantitative estimate of drug-likeness (QED) is 0.0580. The molecule has 0 unspecified atom stereocenters. The highest BCUT2D eigenvalue weighted by Crippen LogP contribution is 2.38. The molecule has 6 aromatic rings. The van der Waals surface area contributed by atoms with E-state index in [4.69, 9.17) is 4.98 Å². The summed E-state index contributed by atoms with van der Waals surface area (Å²) in [5, 5.41) is 25.1. The van der Waals surface area contributed by atoms with Crippen LogP contribution >= 0.6 is 0 Å². The summed E-state index contributed by atoms with van der Waals surface area (Å²) in [4.78, 5) is 33.0. The van der Waals surface area contributed by atoms with Crippen LogP contribution < -0.4 is 21.4 Å². The number of nitro benzene ring substituents is 1. The molecule has 6 rings (SSSR count). The average molecular weight is 575 g/mol. The molecule has 2 aromatic heterocycles. The molecule has 0 aliphatic heterocycles. The summed E-state index contributed by atoms with van der Waals surface area (Å²) in [6.07, 6.45) is 1.73. The van der Waals surface area contributed by atoms with Crippen molar-refractivity contribution in [3.05, 3.63) is 104 Å². The van der Waals surface area contributed by atoms with Crippen LogP contribution in [0.1, 0.15) is 24.0 Å². The maximum absolute atomic E-state index is 13.3. The fourth-order valence-corrected chi connectivity index (χ4v) is 5.75. The zero-order valence-corrected chi connectivity index (χ0v) is 24.3. The zero-order chi connectivity index (χ0) is 29.9. The Balaban J connectivity index is 1.05. The fraction of sp³-hybridized carbons (Fsp3) is 0.235. The minimum Gasteiger partial charge on any atom is -0.384 e.